The molecule has 0 radical (unpaired) electrons. The molecule has 0 aliphatic heterocycles. The number of benzene rings is 7. The second-order valence-electron chi connectivity index (χ2n) is 12.1. The number of hydrogen-bond acceptors (Lipinski definition) is 3. The maximum Gasteiger partial charge on any atom is 0.160 e. The molecule has 0 unspecified atom stereocenters. The van der Waals surface area contributed by atoms with E-state index in [-0.39, 0.29) is 0 Å². The van der Waals surface area contributed by atoms with Crippen LogP contribution in [-0.4, -0.2) is 15.0 Å². The lowest BCUT2D eigenvalue weighted by atomic mass is 9.93. The monoisotopic (exact) mass is 611 g/mol. The van der Waals surface area contributed by atoms with Crippen molar-refractivity contribution in [3.8, 4) is 56.0 Å². The Morgan fingerprint density at radius 2 is 0.958 bits per heavy atom. The van der Waals surface area contributed by atoms with E-state index < -0.39 is 0 Å². The molecular weight excluding hydrogens is 583 g/mol. The first-order chi connectivity index (χ1) is 23.8. The van der Waals surface area contributed by atoms with Crippen LogP contribution >= 0.6 is 0 Å². The summed E-state index contributed by atoms with van der Waals surface area (Å²) in [4.78, 5) is 14.8. The van der Waals surface area contributed by atoms with Crippen LogP contribution < -0.4 is 0 Å². The van der Waals surface area contributed by atoms with Crippen molar-refractivity contribution in [2.75, 3.05) is 0 Å². The van der Waals surface area contributed by atoms with Gasteiger partial charge in [0.1, 0.15) is 0 Å². The molecule has 2 heterocycles. The van der Waals surface area contributed by atoms with E-state index in [1.165, 1.54) is 33.0 Å². The molecule has 0 bridgehead atoms. The second-order valence-corrected chi connectivity index (χ2v) is 12.1. The van der Waals surface area contributed by atoms with Crippen LogP contribution in [0.25, 0.3) is 88.6 Å². The van der Waals surface area contributed by atoms with Crippen molar-refractivity contribution in [1.82, 2.24) is 15.0 Å². The topological polar surface area (TPSA) is 38.7 Å². The highest BCUT2D eigenvalue weighted by molar-refractivity contribution is 6.12. The van der Waals surface area contributed by atoms with Crippen molar-refractivity contribution in [2.24, 2.45) is 0 Å². The van der Waals surface area contributed by atoms with Gasteiger partial charge in [0.05, 0.1) is 16.7 Å². The Bertz CT molecular complexity index is 2590. The molecule has 0 aliphatic carbocycles. The van der Waals surface area contributed by atoms with Gasteiger partial charge in [0.15, 0.2) is 5.82 Å². The maximum absolute atomic E-state index is 5.14. The van der Waals surface area contributed by atoms with Crippen LogP contribution in [0.1, 0.15) is 0 Å². The highest BCUT2D eigenvalue weighted by Gasteiger charge is 2.13. The van der Waals surface area contributed by atoms with Gasteiger partial charge in [-0.15, -0.1) is 0 Å². The SMILES string of the molecule is c1ccc(-c2ccc(-c3nc(-c4ccc(-c5cccc(-c6cc7cccnc7c7ccccc67)c5)cc4)nc4ccccc34)cc2)cc1. The van der Waals surface area contributed by atoms with E-state index in [4.69, 9.17) is 9.97 Å². The predicted octanol–water partition coefficient (Wildman–Crippen LogP) is 11.7. The van der Waals surface area contributed by atoms with Gasteiger partial charge in [0.25, 0.3) is 0 Å². The fourth-order valence-electron chi connectivity index (χ4n) is 6.71. The van der Waals surface area contributed by atoms with Gasteiger partial charge >= 0.3 is 0 Å². The molecule has 48 heavy (non-hydrogen) atoms. The molecule has 2 aromatic heterocycles. The van der Waals surface area contributed by atoms with Gasteiger partial charge in [-0.05, 0) is 63.0 Å². The lowest BCUT2D eigenvalue weighted by molar-refractivity contribution is 1.23. The minimum absolute atomic E-state index is 0.715. The van der Waals surface area contributed by atoms with Gasteiger partial charge in [-0.1, -0.05) is 146 Å². The van der Waals surface area contributed by atoms with Gasteiger partial charge in [-0.25, -0.2) is 9.97 Å². The Morgan fingerprint density at radius 3 is 1.77 bits per heavy atom. The molecular formula is C45H29N3. The van der Waals surface area contributed by atoms with Crippen molar-refractivity contribution < 1.29 is 0 Å². The summed E-state index contributed by atoms with van der Waals surface area (Å²) >= 11 is 0. The van der Waals surface area contributed by atoms with Crippen LogP contribution in [0.4, 0.5) is 0 Å². The third-order valence-electron chi connectivity index (χ3n) is 9.13. The van der Waals surface area contributed by atoms with Crippen molar-refractivity contribution >= 4 is 32.6 Å². The van der Waals surface area contributed by atoms with E-state index in [9.17, 15) is 0 Å². The van der Waals surface area contributed by atoms with Gasteiger partial charge in [-0.3, -0.25) is 4.98 Å². The Balaban J connectivity index is 1.08. The largest absolute Gasteiger partial charge is 0.256 e. The van der Waals surface area contributed by atoms with E-state index >= 15 is 0 Å². The summed E-state index contributed by atoms with van der Waals surface area (Å²) in [5.74, 6) is 0.715. The number of aromatic nitrogens is 3. The molecule has 0 atom stereocenters. The number of hydrogen-bond donors (Lipinski definition) is 0. The summed E-state index contributed by atoms with van der Waals surface area (Å²) in [5.41, 5.74) is 12.0. The minimum Gasteiger partial charge on any atom is -0.256 e. The fourth-order valence-corrected chi connectivity index (χ4v) is 6.71. The van der Waals surface area contributed by atoms with Gasteiger partial charge in [-0.2, -0.15) is 0 Å². The normalized spacial score (nSPS) is 11.3. The molecule has 3 heteroatoms. The zero-order valence-corrected chi connectivity index (χ0v) is 26.1. The molecule has 0 saturated carbocycles. The summed E-state index contributed by atoms with van der Waals surface area (Å²) in [6.45, 7) is 0. The van der Waals surface area contributed by atoms with E-state index in [1.54, 1.807) is 0 Å². The average Bonchev–Trinajstić information content (AvgIpc) is 3.18. The lowest BCUT2D eigenvalue weighted by Crippen LogP contribution is -1.95. The molecule has 3 nitrogen and oxygen atoms in total. The first-order valence-corrected chi connectivity index (χ1v) is 16.2. The Hall–Kier alpha value is -6.45. The number of para-hydroxylation sites is 1. The quantitative estimate of drug-likeness (QED) is 0.182. The van der Waals surface area contributed by atoms with Crippen molar-refractivity contribution in [3.63, 3.8) is 0 Å². The third-order valence-corrected chi connectivity index (χ3v) is 9.13. The van der Waals surface area contributed by atoms with Gasteiger partial charge < -0.3 is 0 Å². The summed E-state index contributed by atoms with van der Waals surface area (Å²) < 4.78 is 0. The number of pyridine rings is 1. The average molecular weight is 612 g/mol. The molecule has 9 rings (SSSR count). The summed E-state index contributed by atoms with van der Waals surface area (Å²) in [5, 5.41) is 4.55. The minimum atomic E-state index is 0.715. The highest BCUT2D eigenvalue weighted by atomic mass is 14.9. The number of nitrogens with zero attached hydrogens (tertiary/aromatic N) is 3. The summed E-state index contributed by atoms with van der Waals surface area (Å²) in [7, 11) is 0. The third kappa shape index (κ3) is 4.99. The smallest absolute Gasteiger partial charge is 0.160 e. The Labute approximate surface area is 278 Å². The van der Waals surface area contributed by atoms with Crippen LogP contribution in [0.2, 0.25) is 0 Å². The van der Waals surface area contributed by atoms with Crippen molar-refractivity contribution in [2.45, 2.75) is 0 Å². The van der Waals surface area contributed by atoms with E-state index in [2.05, 4.69) is 151 Å². The molecule has 0 spiro atoms. The number of rotatable bonds is 5. The van der Waals surface area contributed by atoms with Crippen LogP contribution in [0.15, 0.2) is 176 Å². The second kappa shape index (κ2) is 11.7. The molecule has 0 N–H and O–H groups in total. The predicted molar refractivity (Wildman–Crippen MR) is 200 cm³/mol. The molecule has 7 aromatic carbocycles. The van der Waals surface area contributed by atoms with E-state index in [0.717, 1.165) is 49.8 Å². The molecule has 0 amide bonds. The molecule has 0 saturated heterocycles. The highest BCUT2D eigenvalue weighted by Crippen LogP contribution is 2.36. The first-order valence-electron chi connectivity index (χ1n) is 16.2. The molecule has 224 valence electrons. The van der Waals surface area contributed by atoms with E-state index in [1.807, 2.05) is 30.5 Å². The maximum atomic E-state index is 5.14. The van der Waals surface area contributed by atoms with Crippen molar-refractivity contribution in [1.29, 1.82) is 0 Å². The first kappa shape index (κ1) is 27.8. The van der Waals surface area contributed by atoms with Crippen LogP contribution in [0, 0.1) is 0 Å². The zero-order valence-electron chi connectivity index (χ0n) is 26.1. The lowest BCUT2D eigenvalue weighted by Gasteiger charge is -2.12. The molecule has 0 aliphatic rings. The summed E-state index contributed by atoms with van der Waals surface area (Å²) in [6, 6.07) is 59.7. The van der Waals surface area contributed by atoms with Crippen LogP contribution in [0.5, 0.6) is 0 Å². The Kier molecular flexibility index (Phi) is 6.80. The van der Waals surface area contributed by atoms with E-state index in [0.29, 0.717) is 5.82 Å². The number of fused-ring (bicyclic) bond motifs is 4. The van der Waals surface area contributed by atoms with Crippen LogP contribution in [-0.2, 0) is 0 Å². The molecule has 0 fully saturated rings. The van der Waals surface area contributed by atoms with Gasteiger partial charge in [0, 0.05) is 33.5 Å². The van der Waals surface area contributed by atoms with Crippen molar-refractivity contribution in [3.05, 3.63) is 176 Å². The Morgan fingerprint density at radius 1 is 0.354 bits per heavy atom. The van der Waals surface area contributed by atoms with Crippen LogP contribution in [0.3, 0.4) is 0 Å². The molecule has 9 aromatic rings. The summed E-state index contributed by atoms with van der Waals surface area (Å²) in [6.07, 6.45) is 1.87. The standard InChI is InChI=1S/C45H29N3/c1-2-10-30(11-3-1)31-19-23-33(24-20-31)44-40-17-6-7-18-42(40)47-45(48-44)34-25-21-32(22-26-34)35-12-8-13-36(28-35)41-29-37-14-9-27-46-43(37)39-16-5-4-15-38(39)41/h1-29H. The zero-order chi connectivity index (χ0) is 31.9. The fraction of sp³-hybridized carbons (Fsp3) is 0. The van der Waals surface area contributed by atoms with Gasteiger partial charge in [0.2, 0.25) is 0 Å².